The van der Waals surface area contributed by atoms with Gasteiger partial charge in [-0.25, -0.2) is 12.8 Å². The lowest BCUT2D eigenvalue weighted by Crippen LogP contribution is -2.41. The van der Waals surface area contributed by atoms with Crippen LogP contribution in [-0.4, -0.2) is 44.4 Å². The molecule has 1 aromatic carbocycles. The summed E-state index contributed by atoms with van der Waals surface area (Å²) in [5.41, 5.74) is 0. The molecule has 1 heterocycles. The first kappa shape index (κ1) is 17.1. The minimum absolute atomic E-state index is 0.0185. The molecule has 0 saturated carbocycles. The number of ether oxygens (including phenoxy) is 1. The van der Waals surface area contributed by atoms with Crippen molar-refractivity contribution in [2.45, 2.75) is 23.8 Å². The van der Waals surface area contributed by atoms with Crippen molar-refractivity contribution in [3.63, 3.8) is 0 Å². The Morgan fingerprint density at radius 2 is 2.05 bits per heavy atom. The first-order valence-corrected chi connectivity index (χ1v) is 9.34. The molecule has 0 aliphatic carbocycles. The van der Waals surface area contributed by atoms with Gasteiger partial charge in [0.25, 0.3) is 0 Å². The van der Waals surface area contributed by atoms with Crippen LogP contribution in [0, 0.1) is 5.82 Å². The standard InChI is InChI=1S/C13H16BrClFNO3S/c14-10-1-2-13(12(16)9-10)21(18,19)17-6-3-11(4-7-17)20-8-5-15/h1-2,9,11H,3-8H2. The molecule has 1 aromatic rings. The number of alkyl halides is 1. The third-order valence-corrected chi connectivity index (χ3v) is 5.92. The highest BCUT2D eigenvalue weighted by molar-refractivity contribution is 9.10. The third-order valence-electron chi connectivity index (χ3n) is 3.34. The highest BCUT2D eigenvalue weighted by Gasteiger charge is 2.31. The molecule has 0 atom stereocenters. The van der Waals surface area contributed by atoms with Crippen LogP contribution >= 0.6 is 27.5 Å². The topological polar surface area (TPSA) is 46.6 Å². The van der Waals surface area contributed by atoms with Gasteiger partial charge in [-0.2, -0.15) is 4.31 Å². The van der Waals surface area contributed by atoms with E-state index >= 15 is 0 Å². The van der Waals surface area contributed by atoms with E-state index < -0.39 is 15.8 Å². The number of nitrogens with zero attached hydrogens (tertiary/aromatic N) is 1. The van der Waals surface area contributed by atoms with Gasteiger partial charge in [-0.3, -0.25) is 0 Å². The van der Waals surface area contributed by atoms with Gasteiger partial charge in [0.1, 0.15) is 10.7 Å². The van der Waals surface area contributed by atoms with Crippen molar-refractivity contribution >= 4 is 37.6 Å². The summed E-state index contributed by atoms with van der Waals surface area (Å²) >= 11 is 8.67. The molecular formula is C13H16BrClFNO3S. The third kappa shape index (κ3) is 4.16. The second kappa shape index (κ2) is 7.37. The Labute approximate surface area is 137 Å². The lowest BCUT2D eigenvalue weighted by molar-refractivity contribution is 0.0301. The van der Waals surface area contributed by atoms with Gasteiger partial charge in [-0.1, -0.05) is 15.9 Å². The zero-order valence-corrected chi connectivity index (χ0v) is 14.4. The number of hydrogen-bond donors (Lipinski definition) is 0. The molecule has 8 heteroatoms. The summed E-state index contributed by atoms with van der Waals surface area (Å²) in [7, 11) is -3.80. The molecule has 4 nitrogen and oxygen atoms in total. The van der Waals surface area contributed by atoms with Gasteiger partial charge >= 0.3 is 0 Å². The number of sulfonamides is 1. The minimum Gasteiger partial charge on any atom is -0.377 e. The molecule has 1 aliphatic rings. The number of piperidine rings is 1. The quantitative estimate of drug-likeness (QED) is 0.714. The molecule has 0 radical (unpaired) electrons. The van der Waals surface area contributed by atoms with E-state index in [0.717, 1.165) is 6.07 Å². The molecule has 118 valence electrons. The molecule has 0 amide bonds. The van der Waals surface area contributed by atoms with Crippen molar-refractivity contribution < 1.29 is 17.5 Å². The second-order valence-corrected chi connectivity index (χ2v) is 7.94. The van der Waals surface area contributed by atoms with Gasteiger partial charge in [0, 0.05) is 23.4 Å². The molecule has 1 fully saturated rings. The minimum atomic E-state index is -3.80. The maximum Gasteiger partial charge on any atom is 0.245 e. The predicted molar refractivity (Wildman–Crippen MR) is 82.6 cm³/mol. The molecular weight excluding hydrogens is 385 g/mol. The monoisotopic (exact) mass is 399 g/mol. The van der Waals surface area contributed by atoms with Crippen molar-refractivity contribution in [2.24, 2.45) is 0 Å². The summed E-state index contributed by atoms with van der Waals surface area (Å²) in [6, 6.07) is 3.96. The number of hydrogen-bond acceptors (Lipinski definition) is 3. The first-order valence-electron chi connectivity index (χ1n) is 6.58. The molecule has 0 unspecified atom stereocenters. The van der Waals surface area contributed by atoms with Crippen LogP contribution in [0.15, 0.2) is 27.6 Å². The fourth-order valence-electron chi connectivity index (χ4n) is 2.27. The Morgan fingerprint density at radius 3 is 2.62 bits per heavy atom. The van der Waals surface area contributed by atoms with E-state index in [1.54, 1.807) is 0 Å². The maximum atomic E-state index is 13.9. The van der Waals surface area contributed by atoms with Gasteiger partial charge in [0.15, 0.2) is 0 Å². The number of benzene rings is 1. The summed E-state index contributed by atoms with van der Waals surface area (Å²) < 4.78 is 46.1. The van der Waals surface area contributed by atoms with Crippen LogP contribution in [0.5, 0.6) is 0 Å². The first-order chi connectivity index (χ1) is 9.95. The van der Waals surface area contributed by atoms with Gasteiger partial charge in [0.05, 0.1) is 12.7 Å². The van der Waals surface area contributed by atoms with Crippen molar-refractivity contribution in [2.75, 3.05) is 25.6 Å². The van der Waals surface area contributed by atoms with Crippen molar-refractivity contribution in [3.05, 3.63) is 28.5 Å². The van der Waals surface area contributed by atoms with Gasteiger partial charge in [-0.05, 0) is 31.0 Å². The zero-order valence-electron chi connectivity index (χ0n) is 11.3. The predicted octanol–water partition coefficient (Wildman–Crippen LogP) is 3.00. The van der Waals surface area contributed by atoms with Crippen LogP contribution in [-0.2, 0) is 14.8 Å². The van der Waals surface area contributed by atoms with Crippen LogP contribution in [0.4, 0.5) is 4.39 Å². The van der Waals surface area contributed by atoms with Crippen LogP contribution < -0.4 is 0 Å². The molecule has 1 saturated heterocycles. The summed E-state index contributed by atoms with van der Waals surface area (Å²) in [6.45, 7) is 1.11. The lowest BCUT2D eigenvalue weighted by Gasteiger charge is -2.31. The average molecular weight is 401 g/mol. The Morgan fingerprint density at radius 1 is 1.38 bits per heavy atom. The van der Waals surface area contributed by atoms with E-state index in [1.165, 1.54) is 16.4 Å². The molecule has 2 rings (SSSR count). The molecule has 0 spiro atoms. The second-order valence-electron chi connectivity index (χ2n) is 4.74. The fraction of sp³-hybridized carbons (Fsp3) is 0.538. The maximum absolute atomic E-state index is 13.9. The molecule has 0 N–H and O–H groups in total. The molecule has 21 heavy (non-hydrogen) atoms. The van der Waals surface area contributed by atoms with E-state index in [0.29, 0.717) is 42.9 Å². The largest absolute Gasteiger partial charge is 0.377 e. The summed E-state index contributed by atoms with van der Waals surface area (Å²) in [6.07, 6.45) is 1.20. The Bertz CT molecular complexity index is 591. The molecule has 0 bridgehead atoms. The van der Waals surface area contributed by atoms with Crippen LogP contribution in [0.1, 0.15) is 12.8 Å². The van der Waals surface area contributed by atoms with E-state index in [2.05, 4.69) is 15.9 Å². The Hall–Kier alpha value is -0.210. The van der Waals surface area contributed by atoms with Crippen molar-refractivity contribution in [1.82, 2.24) is 4.31 Å². The summed E-state index contributed by atoms with van der Waals surface area (Å²) in [4.78, 5) is -0.286. The molecule has 1 aliphatic heterocycles. The van der Waals surface area contributed by atoms with Gasteiger partial charge < -0.3 is 4.74 Å². The fourth-order valence-corrected chi connectivity index (χ4v) is 4.21. The Balaban J connectivity index is 2.08. The van der Waals surface area contributed by atoms with Crippen LogP contribution in [0.25, 0.3) is 0 Å². The normalized spacial score (nSPS) is 18.0. The highest BCUT2D eigenvalue weighted by atomic mass is 79.9. The Kier molecular flexibility index (Phi) is 6.02. The lowest BCUT2D eigenvalue weighted by atomic mass is 10.1. The summed E-state index contributed by atoms with van der Waals surface area (Å²) in [5, 5.41) is 0. The average Bonchev–Trinajstić information content (AvgIpc) is 2.45. The van der Waals surface area contributed by atoms with E-state index in [9.17, 15) is 12.8 Å². The smallest absolute Gasteiger partial charge is 0.245 e. The van der Waals surface area contributed by atoms with Gasteiger partial charge in [0.2, 0.25) is 10.0 Å². The SMILES string of the molecule is O=S(=O)(c1ccc(Br)cc1F)N1CCC(OCCCl)CC1. The van der Waals surface area contributed by atoms with E-state index in [-0.39, 0.29) is 11.0 Å². The summed E-state index contributed by atoms with van der Waals surface area (Å²) in [5.74, 6) is -0.326. The van der Waals surface area contributed by atoms with Crippen LogP contribution in [0.2, 0.25) is 0 Å². The number of rotatable bonds is 5. The van der Waals surface area contributed by atoms with Gasteiger partial charge in [-0.15, -0.1) is 11.6 Å². The highest BCUT2D eigenvalue weighted by Crippen LogP contribution is 2.25. The molecule has 0 aromatic heterocycles. The number of halogens is 3. The van der Waals surface area contributed by atoms with E-state index in [4.69, 9.17) is 16.3 Å². The van der Waals surface area contributed by atoms with E-state index in [1.807, 2.05) is 0 Å². The van der Waals surface area contributed by atoms with Crippen molar-refractivity contribution in [3.8, 4) is 0 Å². The van der Waals surface area contributed by atoms with Crippen molar-refractivity contribution in [1.29, 1.82) is 0 Å². The van der Waals surface area contributed by atoms with Crippen LogP contribution in [0.3, 0.4) is 0 Å². The zero-order chi connectivity index (χ0) is 15.5.